The van der Waals surface area contributed by atoms with E-state index in [2.05, 4.69) is 4.98 Å². The van der Waals surface area contributed by atoms with E-state index >= 15 is 0 Å². The van der Waals surface area contributed by atoms with Gasteiger partial charge in [0.1, 0.15) is 5.75 Å². The molecule has 13 heavy (non-hydrogen) atoms. The predicted molar refractivity (Wildman–Crippen MR) is 45.7 cm³/mol. The van der Waals surface area contributed by atoms with E-state index in [0.29, 0.717) is 11.3 Å². The van der Waals surface area contributed by atoms with Crippen LogP contribution in [0.5, 0.6) is 5.75 Å². The van der Waals surface area contributed by atoms with Gasteiger partial charge >= 0.3 is 0 Å². The van der Waals surface area contributed by atoms with Crippen LogP contribution < -0.4 is 10.5 Å². The first kappa shape index (κ1) is 8.44. The molecule has 1 aromatic heterocycles. The standard InChI is InChI=1S/C9H11FN2O/c10-9-3-6(4-11)8(5-12-9)13-7-1-2-7/h3,5,7H,1-2,4,11H2. The molecule has 2 N–H and O–H groups in total. The van der Waals surface area contributed by atoms with E-state index < -0.39 is 5.95 Å². The van der Waals surface area contributed by atoms with Gasteiger partial charge in [-0.05, 0) is 12.8 Å². The van der Waals surface area contributed by atoms with Crippen molar-refractivity contribution in [2.45, 2.75) is 25.5 Å². The number of halogens is 1. The summed E-state index contributed by atoms with van der Waals surface area (Å²) in [4.78, 5) is 3.52. The summed E-state index contributed by atoms with van der Waals surface area (Å²) >= 11 is 0. The third-order valence-electron chi connectivity index (χ3n) is 1.95. The lowest BCUT2D eigenvalue weighted by molar-refractivity contribution is 0.297. The Morgan fingerprint density at radius 1 is 1.62 bits per heavy atom. The van der Waals surface area contributed by atoms with Gasteiger partial charge in [0, 0.05) is 18.2 Å². The molecule has 0 aliphatic heterocycles. The maximum Gasteiger partial charge on any atom is 0.213 e. The first-order valence-electron chi connectivity index (χ1n) is 4.30. The smallest absolute Gasteiger partial charge is 0.213 e. The average molecular weight is 182 g/mol. The number of hydrogen-bond donors (Lipinski definition) is 1. The fourth-order valence-corrected chi connectivity index (χ4v) is 1.09. The lowest BCUT2D eigenvalue weighted by Crippen LogP contribution is -2.05. The van der Waals surface area contributed by atoms with E-state index in [4.69, 9.17) is 10.5 Å². The summed E-state index contributed by atoms with van der Waals surface area (Å²) in [5.74, 6) is 0.106. The molecule has 1 aliphatic rings. The van der Waals surface area contributed by atoms with Crippen LogP contribution in [0, 0.1) is 5.95 Å². The second-order valence-corrected chi connectivity index (χ2v) is 3.14. The molecule has 0 unspecified atom stereocenters. The van der Waals surface area contributed by atoms with Gasteiger partial charge in [0.25, 0.3) is 0 Å². The fraction of sp³-hybridized carbons (Fsp3) is 0.444. The molecule has 0 amide bonds. The molecule has 1 fully saturated rings. The van der Waals surface area contributed by atoms with Crippen LogP contribution in [-0.2, 0) is 6.54 Å². The molecule has 1 saturated carbocycles. The van der Waals surface area contributed by atoms with E-state index in [0.717, 1.165) is 12.8 Å². The molecule has 0 atom stereocenters. The van der Waals surface area contributed by atoms with E-state index in [9.17, 15) is 4.39 Å². The zero-order valence-electron chi connectivity index (χ0n) is 7.16. The number of hydrogen-bond acceptors (Lipinski definition) is 3. The molecule has 0 bridgehead atoms. The van der Waals surface area contributed by atoms with Crippen LogP contribution in [0.1, 0.15) is 18.4 Å². The van der Waals surface area contributed by atoms with Gasteiger partial charge in [-0.2, -0.15) is 4.39 Å². The Kier molecular flexibility index (Phi) is 2.14. The Balaban J connectivity index is 2.21. The molecule has 70 valence electrons. The largest absolute Gasteiger partial charge is 0.488 e. The van der Waals surface area contributed by atoms with Crippen LogP contribution in [-0.4, -0.2) is 11.1 Å². The predicted octanol–water partition coefficient (Wildman–Crippen LogP) is 1.22. The Bertz CT molecular complexity index is 312. The van der Waals surface area contributed by atoms with Crippen molar-refractivity contribution in [1.29, 1.82) is 0 Å². The minimum absolute atomic E-state index is 0.279. The summed E-state index contributed by atoms with van der Waals surface area (Å²) in [6, 6.07) is 1.32. The second-order valence-electron chi connectivity index (χ2n) is 3.14. The van der Waals surface area contributed by atoms with Gasteiger partial charge in [-0.15, -0.1) is 0 Å². The highest BCUT2D eigenvalue weighted by atomic mass is 19.1. The molecule has 0 saturated heterocycles. The van der Waals surface area contributed by atoms with Crippen molar-refractivity contribution < 1.29 is 9.13 Å². The van der Waals surface area contributed by atoms with Crippen LogP contribution >= 0.6 is 0 Å². The van der Waals surface area contributed by atoms with Crippen molar-refractivity contribution in [1.82, 2.24) is 4.98 Å². The van der Waals surface area contributed by atoms with Crippen LogP contribution in [0.25, 0.3) is 0 Å². The van der Waals surface area contributed by atoms with E-state index in [1.165, 1.54) is 12.3 Å². The molecule has 2 rings (SSSR count). The van der Waals surface area contributed by atoms with Gasteiger partial charge in [0.2, 0.25) is 5.95 Å². The Labute approximate surface area is 75.7 Å². The van der Waals surface area contributed by atoms with E-state index in [1.54, 1.807) is 0 Å². The van der Waals surface area contributed by atoms with Crippen LogP contribution in [0.4, 0.5) is 4.39 Å². The van der Waals surface area contributed by atoms with Crippen molar-refractivity contribution in [2.75, 3.05) is 0 Å². The quantitative estimate of drug-likeness (QED) is 0.715. The Morgan fingerprint density at radius 3 is 3.00 bits per heavy atom. The van der Waals surface area contributed by atoms with Crippen molar-refractivity contribution in [3.8, 4) is 5.75 Å². The number of pyridine rings is 1. The van der Waals surface area contributed by atoms with Crippen molar-refractivity contribution in [3.63, 3.8) is 0 Å². The summed E-state index contributed by atoms with van der Waals surface area (Å²) in [6.45, 7) is 0.279. The third-order valence-corrected chi connectivity index (χ3v) is 1.95. The topological polar surface area (TPSA) is 48.1 Å². The molecule has 1 aliphatic carbocycles. The highest BCUT2D eigenvalue weighted by Crippen LogP contribution is 2.28. The van der Waals surface area contributed by atoms with Crippen LogP contribution in [0.3, 0.4) is 0 Å². The van der Waals surface area contributed by atoms with Crippen LogP contribution in [0.2, 0.25) is 0 Å². The maximum absolute atomic E-state index is 12.7. The Hall–Kier alpha value is -1.16. The first-order chi connectivity index (χ1) is 6.29. The van der Waals surface area contributed by atoms with Gasteiger partial charge in [0.15, 0.2) is 0 Å². The van der Waals surface area contributed by atoms with E-state index in [-0.39, 0.29) is 12.6 Å². The first-order valence-corrected chi connectivity index (χ1v) is 4.30. The third kappa shape index (κ3) is 1.95. The highest BCUT2D eigenvalue weighted by molar-refractivity contribution is 5.30. The number of nitrogens with two attached hydrogens (primary N) is 1. The number of nitrogens with zero attached hydrogens (tertiary/aromatic N) is 1. The van der Waals surface area contributed by atoms with Gasteiger partial charge in [0.05, 0.1) is 12.3 Å². The highest BCUT2D eigenvalue weighted by Gasteiger charge is 2.24. The van der Waals surface area contributed by atoms with Gasteiger partial charge in [-0.3, -0.25) is 0 Å². The molecule has 3 nitrogen and oxygen atoms in total. The summed E-state index contributed by atoms with van der Waals surface area (Å²) in [5.41, 5.74) is 6.12. The number of aromatic nitrogens is 1. The zero-order chi connectivity index (χ0) is 9.26. The lowest BCUT2D eigenvalue weighted by Gasteiger charge is -2.08. The van der Waals surface area contributed by atoms with Gasteiger partial charge < -0.3 is 10.5 Å². The maximum atomic E-state index is 12.7. The summed E-state index contributed by atoms with van der Waals surface area (Å²) in [5, 5.41) is 0. The average Bonchev–Trinajstić information content (AvgIpc) is 2.92. The monoisotopic (exact) mass is 182 g/mol. The fourth-order valence-electron chi connectivity index (χ4n) is 1.09. The van der Waals surface area contributed by atoms with E-state index in [1.807, 2.05) is 0 Å². The summed E-state index contributed by atoms with van der Waals surface area (Å²) in [7, 11) is 0. The molecule has 1 aromatic rings. The van der Waals surface area contributed by atoms with Crippen LogP contribution in [0.15, 0.2) is 12.3 Å². The van der Waals surface area contributed by atoms with Crippen molar-refractivity contribution >= 4 is 0 Å². The summed E-state index contributed by atoms with van der Waals surface area (Å²) in [6.07, 6.45) is 3.83. The molecular formula is C9H11FN2O. The molecule has 4 heteroatoms. The zero-order valence-corrected chi connectivity index (χ0v) is 7.16. The summed E-state index contributed by atoms with van der Waals surface area (Å²) < 4.78 is 18.2. The molecular weight excluding hydrogens is 171 g/mol. The van der Waals surface area contributed by atoms with Gasteiger partial charge in [-0.25, -0.2) is 4.98 Å². The molecule has 1 heterocycles. The second kappa shape index (κ2) is 3.30. The lowest BCUT2D eigenvalue weighted by atomic mass is 10.2. The minimum Gasteiger partial charge on any atom is -0.488 e. The normalized spacial score (nSPS) is 15.8. The Morgan fingerprint density at radius 2 is 2.38 bits per heavy atom. The molecule has 0 spiro atoms. The van der Waals surface area contributed by atoms with Gasteiger partial charge in [-0.1, -0.05) is 0 Å². The number of ether oxygens (including phenoxy) is 1. The SMILES string of the molecule is NCc1cc(F)ncc1OC1CC1. The number of rotatable bonds is 3. The van der Waals surface area contributed by atoms with Crippen molar-refractivity contribution in [2.24, 2.45) is 5.73 Å². The van der Waals surface area contributed by atoms with Crippen molar-refractivity contribution in [3.05, 3.63) is 23.8 Å². The molecule has 0 aromatic carbocycles. The minimum atomic E-state index is -0.511. The molecule has 0 radical (unpaired) electrons.